The van der Waals surface area contributed by atoms with Gasteiger partial charge in [0, 0.05) is 0 Å². The second kappa shape index (κ2) is 9.08. The third kappa shape index (κ3) is 6.29. The minimum atomic E-state index is -7.48. The Hall–Kier alpha value is -3.01. The highest BCUT2D eigenvalue weighted by atomic mass is 19.4. The molecule has 0 spiro atoms. The molecule has 0 saturated heterocycles. The highest BCUT2D eigenvalue weighted by Gasteiger charge is 2.76. The Bertz CT molecular complexity index is 1100. The van der Waals surface area contributed by atoms with E-state index in [-0.39, 0.29) is 11.1 Å². The number of anilines is 1. The van der Waals surface area contributed by atoms with Gasteiger partial charge in [-0.1, -0.05) is 12.1 Å². The Labute approximate surface area is 191 Å². The molecule has 1 N–H and O–H groups in total. The molecule has 0 aliphatic rings. The van der Waals surface area contributed by atoms with Crippen molar-refractivity contribution in [3.63, 3.8) is 0 Å². The van der Waals surface area contributed by atoms with E-state index in [1.165, 1.54) is 22.9 Å². The summed E-state index contributed by atoms with van der Waals surface area (Å²) in [6, 6.07) is 3.82. The number of rotatable bonds is 10. The molecular weight excluding hydrogens is 573 g/mol. The fraction of sp³-hybridized carbons (Fsp3) is 0.467. The van der Waals surface area contributed by atoms with E-state index in [0.29, 0.717) is 0 Å². The average molecular weight is 578 g/mol. The van der Waals surface area contributed by atoms with E-state index in [2.05, 4.69) is 14.1 Å². The van der Waals surface area contributed by atoms with E-state index >= 15 is 0 Å². The standard InChI is InChI=1S/C15H5F15N2O5/c16-9(17,7(33)32-8-31-5-3-1-2-4-6(5)34-8)35-12(23,24)13(25,26)37-15(29,30)14(27,28)36-11(21,22)10(18,19)20/h1-4H,(H,31,32,33). The van der Waals surface area contributed by atoms with Gasteiger partial charge in [0.1, 0.15) is 5.52 Å². The molecule has 1 aromatic heterocycles. The van der Waals surface area contributed by atoms with Crippen LogP contribution in [-0.2, 0) is 19.0 Å². The predicted molar refractivity (Wildman–Crippen MR) is 81.6 cm³/mol. The topological polar surface area (TPSA) is 82.8 Å². The lowest BCUT2D eigenvalue weighted by molar-refractivity contribution is -0.565. The summed E-state index contributed by atoms with van der Waals surface area (Å²) in [5.41, 5.74) is -0.303. The molecule has 0 aliphatic heterocycles. The van der Waals surface area contributed by atoms with Crippen LogP contribution in [0.4, 0.5) is 71.9 Å². The third-order valence-corrected chi connectivity index (χ3v) is 3.56. The maximum absolute atomic E-state index is 13.6. The summed E-state index contributed by atoms with van der Waals surface area (Å²) < 4.78 is 204. The number of nitrogens with zero attached hydrogens (tertiary/aromatic N) is 1. The van der Waals surface area contributed by atoms with Gasteiger partial charge in [0.05, 0.1) is 0 Å². The number of para-hydroxylation sites is 2. The van der Waals surface area contributed by atoms with E-state index in [9.17, 15) is 70.7 Å². The SMILES string of the molecule is O=C(Nc1nc2ccccc2o1)C(F)(F)OC(F)(F)C(F)(F)OC(F)(F)C(F)(F)OC(F)(F)C(F)(F)F. The van der Waals surface area contributed by atoms with E-state index < -0.39 is 54.7 Å². The van der Waals surface area contributed by atoms with Crippen LogP contribution in [0.3, 0.4) is 0 Å². The van der Waals surface area contributed by atoms with Gasteiger partial charge in [-0.25, -0.2) is 14.2 Å². The van der Waals surface area contributed by atoms with Crippen LogP contribution < -0.4 is 5.32 Å². The molecular formula is C15H5F15N2O5. The highest BCUT2D eigenvalue weighted by molar-refractivity contribution is 5.94. The van der Waals surface area contributed by atoms with Crippen LogP contribution in [0.5, 0.6) is 0 Å². The first-order valence-electron chi connectivity index (χ1n) is 8.45. The van der Waals surface area contributed by atoms with Gasteiger partial charge in [-0.3, -0.25) is 10.1 Å². The molecule has 0 atom stereocenters. The Morgan fingerprint density at radius 3 is 1.57 bits per heavy atom. The van der Waals surface area contributed by atoms with Crippen molar-refractivity contribution in [2.75, 3.05) is 5.32 Å². The van der Waals surface area contributed by atoms with Crippen LogP contribution in [0.15, 0.2) is 28.7 Å². The zero-order chi connectivity index (χ0) is 28.9. The number of hydrogen-bond donors (Lipinski definition) is 1. The molecule has 37 heavy (non-hydrogen) atoms. The number of aromatic nitrogens is 1. The van der Waals surface area contributed by atoms with Crippen molar-refractivity contribution in [1.82, 2.24) is 4.98 Å². The number of ether oxygens (including phenoxy) is 3. The number of nitrogens with one attached hydrogen (secondary N) is 1. The fourth-order valence-electron chi connectivity index (χ4n) is 1.92. The molecule has 7 nitrogen and oxygen atoms in total. The molecule has 2 aromatic rings. The van der Waals surface area contributed by atoms with Gasteiger partial charge in [-0.2, -0.15) is 70.8 Å². The van der Waals surface area contributed by atoms with E-state index in [4.69, 9.17) is 0 Å². The molecule has 22 heteroatoms. The summed E-state index contributed by atoms with van der Waals surface area (Å²) in [5, 5.41) is 0.969. The summed E-state index contributed by atoms with van der Waals surface area (Å²) in [7, 11) is 0. The minimum absolute atomic E-state index is 0.117. The largest absolute Gasteiger partial charge is 0.483 e. The van der Waals surface area contributed by atoms with Gasteiger partial charge in [0.25, 0.3) is 0 Å². The molecule has 0 saturated carbocycles. The van der Waals surface area contributed by atoms with Crippen molar-refractivity contribution in [1.29, 1.82) is 0 Å². The normalized spacial score (nSPS) is 14.8. The van der Waals surface area contributed by atoms with E-state index in [1.807, 2.05) is 0 Å². The van der Waals surface area contributed by atoms with E-state index in [0.717, 1.165) is 11.4 Å². The first-order chi connectivity index (χ1) is 16.3. The second-order valence-electron chi connectivity index (χ2n) is 6.35. The smallest absolute Gasteiger partial charge is 0.423 e. The number of oxazole rings is 1. The summed E-state index contributed by atoms with van der Waals surface area (Å²) in [5.74, 6) is -3.07. The van der Waals surface area contributed by atoms with Crippen molar-refractivity contribution < 1.29 is 89.3 Å². The maximum atomic E-state index is 13.6. The molecule has 1 heterocycles. The molecule has 2 rings (SSSR count). The van der Waals surface area contributed by atoms with Crippen molar-refractivity contribution in [3.8, 4) is 0 Å². The van der Waals surface area contributed by atoms with Gasteiger partial charge in [0.15, 0.2) is 5.58 Å². The molecule has 0 unspecified atom stereocenters. The molecule has 0 fully saturated rings. The molecule has 1 amide bonds. The van der Waals surface area contributed by atoms with Gasteiger partial charge in [-0.15, -0.1) is 0 Å². The van der Waals surface area contributed by atoms with Gasteiger partial charge in [0.2, 0.25) is 0 Å². The number of benzene rings is 1. The van der Waals surface area contributed by atoms with Crippen LogP contribution in [0.2, 0.25) is 0 Å². The number of halogens is 15. The second-order valence-corrected chi connectivity index (χ2v) is 6.35. The third-order valence-electron chi connectivity index (χ3n) is 3.56. The molecule has 0 aliphatic carbocycles. The first-order valence-corrected chi connectivity index (χ1v) is 8.45. The van der Waals surface area contributed by atoms with Crippen LogP contribution in [-0.4, -0.2) is 53.7 Å². The monoisotopic (exact) mass is 578 g/mol. The average Bonchev–Trinajstić information content (AvgIpc) is 3.06. The lowest BCUT2D eigenvalue weighted by Crippen LogP contribution is -2.59. The highest BCUT2D eigenvalue weighted by Crippen LogP contribution is 2.50. The first kappa shape index (κ1) is 30.2. The summed E-state index contributed by atoms with van der Waals surface area (Å²) in [6.07, 6.45) is -49.9. The van der Waals surface area contributed by atoms with Crippen molar-refractivity contribution >= 4 is 23.0 Å². The minimum Gasteiger partial charge on any atom is -0.423 e. The number of amides is 1. The van der Waals surface area contributed by atoms with Crippen molar-refractivity contribution in [3.05, 3.63) is 24.3 Å². The quantitative estimate of drug-likeness (QED) is 0.352. The Kier molecular flexibility index (Phi) is 7.41. The van der Waals surface area contributed by atoms with Crippen molar-refractivity contribution in [2.24, 2.45) is 0 Å². The predicted octanol–water partition coefficient (Wildman–Crippen LogP) is 5.94. The Balaban J connectivity index is 2.20. The van der Waals surface area contributed by atoms with Crippen LogP contribution in [0.25, 0.3) is 11.1 Å². The van der Waals surface area contributed by atoms with Crippen LogP contribution in [0, 0.1) is 0 Å². The number of alkyl halides is 15. The lowest BCUT2D eigenvalue weighted by atomic mass is 10.3. The Morgan fingerprint density at radius 2 is 1.11 bits per heavy atom. The number of carbonyl (C=O) groups excluding carboxylic acids is 1. The fourth-order valence-corrected chi connectivity index (χ4v) is 1.92. The number of fused-ring (bicyclic) bond motifs is 1. The van der Waals surface area contributed by atoms with Crippen molar-refractivity contribution in [2.45, 2.75) is 42.8 Å². The maximum Gasteiger partial charge on any atom is 0.483 e. The van der Waals surface area contributed by atoms with Gasteiger partial charge in [-0.05, 0) is 12.1 Å². The molecule has 210 valence electrons. The van der Waals surface area contributed by atoms with Gasteiger partial charge >= 0.3 is 54.7 Å². The van der Waals surface area contributed by atoms with E-state index in [1.54, 1.807) is 4.74 Å². The lowest BCUT2D eigenvalue weighted by Gasteiger charge is -2.34. The zero-order valence-electron chi connectivity index (χ0n) is 16.5. The zero-order valence-corrected chi connectivity index (χ0v) is 16.5. The summed E-state index contributed by atoms with van der Waals surface area (Å²) in [6.45, 7) is 0. The summed E-state index contributed by atoms with van der Waals surface area (Å²) >= 11 is 0. The number of carbonyl (C=O) groups is 1. The summed E-state index contributed by atoms with van der Waals surface area (Å²) in [4.78, 5) is 14.8. The van der Waals surface area contributed by atoms with Crippen LogP contribution in [0.1, 0.15) is 0 Å². The molecule has 0 bridgehead atoms. The molecule has 0 radical (unpaired) electrons. The Morgan fingerprint density at radius 1 is 0.676 bits per heavy atom. The van der Waals surface area contributed by atoms with Gasteiger partial charge < -0.3 is 4.42 Å². The van der Waals surface area contributed by atoms with Crippen LogP contribution >= 0.6 is 0 Å². The number of hydrogen-bond acceptors (Lipinski definition) is 6. The molecule has 1 aromatic carbocycles.